The van der Waals surface area contributed by atoms with Crippen molar-refractivity contribution in [2.24, 2.45) is 7.05 Å². The molecule has 106 valence electrons. The van der Waals surface area contributed by atoms with Crippen LogP contribution < -0.4 is 10.6 Å². The summed E-state index contributed by atoms with van der Waals surface area (Å²) in [6, 6.07) is 7.68. The molecule has 5 nitrogen and oxygen atoms in total. The Hall–Kier alpha value is -1.85. The Morgan fingerprint density at radius 1 is 1.30 bits per heavy atom. The standard InChI is InChI=1S/C14H16N4O.ClH/c1-9-5-13(18(2)17-9)16-14(19)10-3-4-11-7-15-8-12(11)6-10;/h3-6,15H,7-8H2,1-2H3,(H,16,19);1H. The van der Waals surface area contributed by atoms with E-state index in [1.807, 2.05) is 38.2 Å². The molecule has 1 aromatic carbocycles. The number of rotatable bonds is 2. The molecule has 0 bridgehead atoms. The first-order chi connectivity index (χ1) is 9.13. The summed E-state index contributed by atoms with van der Waals surface area (Å²) >= 11 is 0. The number of aromatic nitrogens is 2. The van der Waals surface area contributed by atoms with Gasteiger partial charge in [-0.15, -0.1) is 12.4 Å². The van der Waals surface area contributed by atoms with Crippen molar-refractivity contribution < 1.29 is 4.79 Å². The van der Waals surface area contributed by atoms with E-state index >= 15 is 0 Å². The van der Waals surface area contributed by atoms with E-state index in [-0.39, 0.29) is 18.3 Å². The molecule has 0 radical (unpaired) electrons. The van der Waals surface area contributed by atoms with Crippen molar-refractivity contribution in [2.75, 3.05) is 5.32 Å². The van der Waals surface area contributed by atoms with Gasteiger partial charge in [0.2, 0.25) is 0 Å². The predicted octanol–water partition coefficient (Wildman–Crippen LogP) is 2.01. The summed E-state index contributed by atoms with van der Waals surface area (Å²) in [5, 5.41) is 10.4. The van der Waals surface area contributed by atoms with Crippen molar-refractivity contribution >= 4 is 24.1 Å². The number of amides is 1. The fraction of sp³-hybridized carbons (Fsp3) is 0.286. The summed E-state index contributed by atoms with van der Waals surface area (Å²) in [4.78, 5) is 12.2. The van der Waals surface area contributed by atoms with E-state index in [4.69, 9.17) is 0 Å². The Labute approximate surface area is 123 Å². The molecule has 1 aliphatic heterocycles. The third-order valence-corrected chi connectivity index (χ3v) is 3.34. The first-order valence-corrected chi connectivity index (χ1v) is 6.28. The second-order valence-corrected chi connectivity index (χ2v) is 4.84. The lowest BCUT2D eigenvalue weighted by atomic mass is 10.1. The van der Waals surface area contributed by atoms with Crippen molar-refractivity contribution in [3.63, 3.8) is 0 Å². The first kappa shape index (κ1) is 14.6. The highest BCUT2D eigenvalue weighted by molar-refractivity contribution is 6.04. The van der Waals surface area contributed by atoms with Crippen molar-refractivity contribution in [1.29, 1.82) is 0 Å². The van der Waals surface area contributed by atoms with Gasteiger partial charge in [0, 0.05) is 31.8 Å². The van der Waals surface area contributed by atoms with Crippen LogP contribution in [0, 0.1) is 6.92 Å². The highest BCUT2D eigenvalue weighted by Gasteiger charge is 2.14. The maximum atomic E-state index is 12.2. The van der Waals surface area contributed by atoms with E-state index in [2.05, 4.69) is 15.7 Å². The molecule has 0 atom stereocenters. The minimum atomic E-state index is -0.0994. The molecule has 0 saturated carbocycles. The summed E-state index contributed by atoms with van der Waals surface area (Å²) in [7, 11) is 1.81. The Kier molecular flexibility index (Phi) is 4.11. The molecule has 2 aromatic rings. The van der Waals surface area contributed by atoms with Crippen LogP contribution >= 0.6 is 12.4 Å². The van der Waals surface area contributed by atoms with Gasteiger partial charge in [-0.3, -0.25) is 9.48 Å². The number of hydrogen-bond acceptors (Lipinski definition) is 3. The lowest BCUT2D eigenvalue weighted by Gasteiger charge is -2.06. The Balaban J connectivity index is 0.00000147. The van der Waals surface area contributed by atoms with Gasteiger partial charge < -0.3 is 10.6 Å². The lowest BCUT2D eigenvalue weighted by molar-refractivity contribution is 0.102. The monoisotopic (exact) mass is 292 g/mol. The molecular weight excluding hydrogens is 276 g/mol. The van der Waals surface area contributed by atoms with Gasteiger partial charge in [-0.05, 0) is 30.2 Å². The zero-order valence-corrected chi connectivity index (χ0v) is 12.3. The molecule has 0 saturated heterocycles. The van der Waals surface area contributed by atoms with Crippen LogP contribution in [-0.2, 0) is 20.1 Å². The highest BCUT2D eigenvalue weighted by Crippen LogP contribution is 2.18. The van der Waals surface area contributed by atoms with E-state index in [1.165, 1.54) is 11.1 Å². The summed E-state index contributed by atoms with van der Waals surface area (Å²) in [6.45, 7) is 3.62. The van der Waals surface area contributed by atoms with E-state index in [0.29, 0.717) is 11.4 Å². The Morgan fingerprint density at radius 2 is 2.05 bits per heavy atom. The molecule has 0 spiro atoms. The molecule has 0 aliphatic carbocycles. The molecule has 0 fully saturated rings. The smallest absolute Gasteiger partial charge is 0.256 e. The summed E-state index contributed by atoms with van der Waals surface area (Å²) in [6.07, 6.45) is 0. The minimum Gasteiger partial charge on any atom is -0.309 e. The van der Waals surface area contributed by atoms with Gasteiger partial charge in [0.1, 0.15) is 5.82 Å². The van der Waals surface area contributed by atoms with E-state index in [1.54, 1.807) is 4.68 Å². The SMILES string of the molecule is Cc1cc(NC(=O)c2ccc3c(c2)CNC3)n(C)n1.Cl. The molecule has 2 N–H and O–H groups in total. The number of hydrogen-bond donors (Lipinski definition) is 2. The normalized spacial score (nSPS) is 12.7. The van der Waals surface area contributed by atoms with Crippen LogP contribution in [0.1, 0.15) is 27.2 Å². The van der Waals surface area contributed by atoms with Crippen molar-refractivity contribution in [1.82, 2.24) is 15.1 Å². The number of carbonyl (C=O) groups excluding carboxylic acids is 1. The zero-order valence-electron chi connectivity index (χ0n) is 11.4. The minimum absolute atomic E-state index is 0. The third kappa shape index (κ3) is 2.69. The summed E-state index contributed by atoms with van der Waals surface area (Å²) < 4.78 is 1.67. The molecule has 6 heteroatoms. The van der Waals surface area contributed by atoms with Gasteiger partial charge in [0.25, 0.3) is 5.91 Å². The highest BCUT2D eigenvalue weighted by atomic mass is 35.5. The molecule has 1 aliphatic rings. The zero-order chi connectivity index (χ0) is 13.4. The summed E-state index contributed by atoms with van der Waals surface area (Å²) in [5.41, 5.74) is 4.04. The van der Waals surface area contributed by atoms with E-state index in [0.717, 1.165) is 18.8 Å². The van der Waals surface area contributed by atoms with Crippen LogP contribution in [0.25, 0.3) is 0 Å². The number of nitrogens with one attached hydrogen (secondary N) is 2. The largest absolute Gasteiger partial charge is 0.309 e. The molecule has 1 amide bonds. The predicted molar refractivity (Wildman–Crippen MR) is 80.1 cm³/mol. The first-order valence-electron chi connectivity index (χ1n) is 6.28. The number of fused-ring (bicyclic) bond motifs is 1. The lowest BCUT2D eigenvalue weighted by Crippen LogP contribution is -2.14. The summed E-state index contributed by atoms with van der Waals surface area (Å²) in [5.74, 6) is 0.610. The van der Waals surface area contributed by atoms with Crippen LogP contribution in [0.4, 0.5) is 5.82 Å². The van der Waals surface area contributed by atoms with Crippen LogP contribution in [0.15, 0.2) is 24.3 Å². The number of halogens is 1. The van der Waals surface area contributed by atoms with Crippen LogP contribution in [0.5, 0.6) is 0 Å². The quantitative estimate of drug-likeness (QED) is 0.890. The number of aryl methyl sites for hydroxylation is 2. The van der Waals surface area contributed by atoms with Crippen LogP contribution in [0.2, 0.25) is 0 Å². The fourth-order valence-electron chi connectivity index (χ4n) is 2.35. The van der Waals surface area contributed by atoms with Gasteiger partial charge in [-0.25, -0.2) is 0 Å². The van der Waals surface area contributed by atoms with Crippen molar-refractivity contribution in [3.05, 3.63) is 46.6 Å². The number of anilines is 1. The molecule has 1 aromatic heterocycles. The fourth-order valence-corrected chi connectivity index (χ4v) is 2.35. The van der Waals surface area contributed by atoms with E-state index < -0.39 is 0 Å². The number of nitrogens with zero attached hydrogens (tertiary/aromatic N) is 2. The maximum Gasteiger partial charge on any atom is 0.256 e. The molecule has 3 rings (SSSR count). The van der Waals surface area contributed by atoms with Gasteiger partial charge in [0.05, 0.1) is 5.69 Å². The Bertz CT molecular complexity index is 651. The van der Waals surface area contributed by atoms with Gasteiger partial charge in [-0.1, -0.05) is 6.07 Å². The average Bonchev–Trinajstić information content (AvgIpc) is 2.95. The van der Waals surface area contributed by atoms with Gasteiger partial charge >= 0.3 is 0 Å². The average molecular weight is 293 g/mol. The second kappa shape index (κ2) is 5.64. The van der Waals surface area contributed by atoms with Crippen molar-refractivity contribution in [2.45, 2.75) is 20.0 Å². The second-order valence-electron chi connectivity index (χ2n) is 4.84. The topological polar surface area (TPSA) is 59.0 Å². The number of benzene rings is 1. The number of carbonyl (C=O) groups is 1. The third-order valence-electron chi connectivity index (χ3n) is 3.34. The molecule has 20 heavy (non-hydrogen) atoms. The maximum absolute atomic E-state index is 12.2. The van der Waals surface area contributed by atoms with Gasteiger partial charge in [0.15, 0.2) is 0 Å². The molecule has 0 unspecified atom stereocenters. The van der Waals surface area contributed by atoms with Crippen LogP contribution in [-0.4, -0.2) is 15.7 Å². The molecular formula is C14H17ClN4O. The van der Waals surface area contributed by atoms with E-state index in [9.17, 15) is 4.79 Å². The molecule has 2 heterocycles. The van der Waals surface area contributed by atoms with Crippen molar-refractivity contribution in [3.8, 4) is 0 Å². The van der Waals surface area contributed by atoms with Crippen LogP contribution in [0.3, 0.4) is 0 Å². The Morgan fingerprint density at radius 3 is 2.75 bits per heavy atom. The van der Waals surface area contributed by atoms with Gasteiger partial charge in [-0.2, -0.15) is 5.10 Å².